The molecule has 0 atom stereocenters. The fraction of sp³-hybridized carbons (Fsp3) is 0.385. The maximum absolute atomic E-state index is 5.58. The molecule has 2 aromatic rings. The summed E-state index contributed by atoms with van der Waals surface area (Å²) in [4.78, 5) is 0. The van der Waals surface area contributed by atoms with Gasteiger partial charge in [0.25, 0.3) is 0 Å². The van der Waals surface area contributed by atoms with Crippen LogP contribution in [0.5, 0.6) is 5.75 Å². The van der Waals surface area contributed by atoms with Crippen LogP contribution in [0.1, 0.15) is 18.2 Å². The molecular weight excluding hydrogens is 228 g/mol. The SMILES string of the molecule is CCOc1ccccc1Cn1cc(CCN)nn1. The van der Waals surface area contributed by atoms with Crippen LogP contribution in [0.15, 0.2) is 30.5 Å². The number of rotatable bonds is 6. The zero-order chi connectivity index (χ0) is 12.8. The third-order valence-electron chi connectivity index (χ3n) is 2.59. The predicted molar refractivity (Wildman–Crippen MR) is 69.5 cm³/mol. The lowest BCUT2D eigenvalue weighted by molar-refractivity contribution is 0.335. The Balaban J connectivity index is 2.12. The van der Waals surface area contributed by atoms with E-state index >= 15 is 0 Å². The summed E-state index contributed by atoms with van der Waals surface area (Å²) >= 11 is 0. The van der Waals surface area contributed by atoms with Gasteiger partial charge < -0.3 is 10.5 Å². The fourth-order valence-electron chi connectivity index (χ4n) is 1.78. The molecule has 5 nitrogen and oxygen atoms in total. The molecule has 2 N–H and O–H groups in total. The average molecular weight is 246 g/mol. The summed E-state index contributed by atoms with van der Waals surface area (Å²) in [5, 5.41) is 8.16. The predicted octanol–water partition coefficient (Wildman–Crippen LogP) is 1.23. The molecule has 0 bridgehead atoms. The van der Waals surface area contributed by atoms with Crippen LogP contribution >= 0.6 is 0 Å². The minimum atomic E-state index is 0.591. The van der Waals surface area contributed by atoms with Gasteiger partial charge >= 0.3 is 0 Å². The van der Waals surface area contributed by atoms with Crippen molar-refractivity contribution in [3.05, 3.63) is 41.7 Å². The number of ether oxygens (including phenoxy) is 1. The normalized spacial score (nSPS) is 10.6. The highest BCUT2D eigenvalue weighted by atomic mass is 16.5. The van der Waals surface area contributed by atoms with Gasteiger partial charge in [0, 0.05) is 18.2 Å². The third-order valence-corrected chi connectivity index (χ3v) is 2.59. The van der Waals surface area contributed by atoms with E-state index in [2.05, 4.69) is 10.3 Å². The van der Waals surface area contributed by atoms with Gasteiger partial charge in [-0.05, 0) is 19.5 Å². The quantitative estimate of drug-likeness (QED) is 0.832. The van der Waals surface area contributed by atoms with Crippen LogP contribution in [-0.4, -0.2) is 28.1 Å². The Kier molecular flexibility index (Phi) is 4.30. The smallest absolute Gasteiger partial charge is 0.124 e. The van der Waals surface area contributed by atoms with Crippen molar-refractivity contribution in [3.8, 4) is 5.75 Å². The molecule has 2 rings (SSSR count). The first kappa shape index (κ1) is 12.6. The molecule has 1 heterocycles. The van der Waals surface area contributed by atoms with Crippen LogP contribution in [0.3, 0.4) is 0 Å². The summed E-state index contributed by atoms with van der Waals surface area (Å²) in [6.07, 6.45) is 2.68. The molecule has 0 aliphatic rings. The zero-order valence-electron chi connectivity index (χ0n) is 10.5. The number of hydrogen-bond acceptors (Lipinski definition) is 4. The highest BCUT2D eigenvalue weighted by Gasteiger charge is 2.05. The van der Waals surface area contributed by atoms with E-state index in [0.717, 1.165) is 23.4 Å². The second kappa shape index (κ2) is 6.16. The Morgan fingerprint density at radius 2 is 2.17 bits per heavy atom. The number of hydrogen-bond donors (Lipinski definition) is 1. The highest BCUT2D eigenvalue weighted by Crippen LogP contribution is 2.18. The van der Waals surface area contributed by atoms with Crippen molar-refractivity contribution < 1.29 is 4.74 Å². The first-order valence-electron chi connectivity index (χ1n) is 6.13. The summed E-state index contributed by atoms with van der Waals surface area (Å²) in [5.74, 6) is 0.899. The van der Waals surface area contributed by atoms with E-state index < -0.39 is 0 Å². The van der Waals surface area contributed by atoms with Gasteiger partial charge in [-0.2, -0.15) is 0 Å². The maximum Gasteiger partial charge on any atom is 0.124 e. The van der Waals surface area contributed by atoms with Crippen LogP contribution in [0.4, 0.5) is 0 Å². The van der Waals surface area contributed by atoms with E-state index in [1.165, 1.54) is 0 Å². The molecule has 0 aliphatic carbocycles. The van der Waals surface area contributed by atoms with Gasteiger partial charge in [-0.1, -0.05) is 23.4 Å². The number of aromatic nitrogens is 3. The molecule has 0 saturated carbocycles. The topological polar surface area (TPSA) is 66.0 Å². The van der Waals surface area contributed by atoms with Crippen molar-refractivity contribution in [2.45, 2.75) is 19.9 Å². The van der Waals surface area contributed by atoms with Gasteiger partial charge in [0.05, 0.1) is 18.8 Å². The molecule has 96 valence electrons. The Morgan fingerprint density at radius 3 is 2.94 bits per heavy atom. The van der Waals surface area contributed by atoms with Crippen molar-refractivity contribution in [1.29, 1.82) is 0 Å². The van der Waals surface area contributed by atoms with Crippen molar-refractivity contribution in [1.82, 2.24) is 15.0 Å². The van der Waals surface area contributed by atoms with Crippen molar-refractivity contribution in [2.75, 3.05) is 13.2 Å². The fourth-order valence-corrected chi connectivity index (χ4v) is 1.78. The number of nitrogens with zero attached hydrogens (tertiary/aromatic N) is 3. The highest BCUT2D eigenvalue weighted by molar-refractivity contribution is 5.33. The van der Waals surface area contributed by atoms with E-state index in [4.69, 9.17) is 10.5 Å². The minimum absolute atomic E-state index is 0.591. The van der Waals surface area contributed by atoms with E-state index in [9.17, 15) is 0 Å². The molecule has 0 saturated heterocycles. The van der Waals surface area contributed by atoms with Crippen LogP contribution in [0, 0.1) is 0 Å². The molecule has 0 amide bonds. The van der Waals surface area contributed by atoms with Crippen molar-refractivity contribution in [2.24, 2.45) is 5.73 Å². The molecule has 0 unspecified atom stereocenters. The summed E-state index contributed by atoms with van der Waals surface area (Å²) < 4.78 is 7.39. The van der Waals surface area contributed by atoms with Crippen molar-refractivity contribution in [3.63, 3.8) is 0 Å². The van der Waals surface area contributed by atoms with Gasteiger partial charge in [-0.25, -0.2) is 4.68 Å². The molecule has 18 heavy (non-hydrogen) atoms. The molecular formula is C13H18N4O. The van der Waals surface area contributed by atoms with E-state index in [1.54, 1.807) is 0 Å². The lowest BCUT2D eigenvalue weighted by Gasteiger charge is -2.09. The zero-order valence-corrected chi connectivity index (χ0v) is 10.5. The van der Waals surface area contributed by atoms with Crippen LogP contribution in [0.2, 0.25) is 0 Å². The Bertz CT molecular complexity index is 495. The third kappa shape index (κ3) is 3.07. The summed E-state index contributed by atoms with van der Waals surface area (Å²) in [6, 6.07) is 7.97. The average Bonchev–Trinajstić information content (AvgIpc) is 2.80. The summed E-state index contributed by atoms with van der Waals surface area (Å²) in [6.45, 7) is 3.89. The number of nitrogens with two attached hydrogens (primary N) is 1. The second-order valence-corrected chi connectivity index (χ2v) is 3.99. The molecule has 0 fully saturated rings. The van der Waals surface area contributed by atoms with Crippen LogP contribution in [-0.2, 0) is 13.0 Å². The van der Waals surface area contributed by atoms with E-state index in [-0.39, 0.29) is 0 Å². The minimum Gasteiger partial charge on any atom is -0.494 e. The van der Waals surface area contributed by atoms with Gasteiger partial charge in [0.15, 0.2) is 0 Å². The molecule has 1 aromatic carbocycles. The molecule has 0 spiro atoms. The lowest BCUT2D eigenvalue weighted by atomic mass is 10.2. The summed E-state index contributed by atoms with van der Waals surface area (Å²) in [7, 11) is 0. The Hall–Kier alpha value is -1.88. The van der Waals surface area contributed by atoms with Gasteiger partial charge in [0.2, 0.25) is 0 Å². The number of para-hydroxylation sites is 1. The first-order valence-corrected chi connectivity index (χ1v) is 6.13. The second-order valence-electron chi connectivity index (χ2n) is 3.99. The van der Waals surface area contributed by atoms with Crippen molar-refractivity contribution >= 4 is 0 Å². The standard InChI is InChI=1S/C13H18N4O/c1-2-18-13-6-4-3-5-11(13)9-17-10-12(7-8-14)15-16-17/h3-6,10H,2,7-9,14H2,1H3. The van der Waals surface area contributed by atoms with Gasteiger partial charge in [0.1, 0.15) is 5.75 Å². The summed E-state index contributed by atoms with van der Waals surface area (Å²) in [5.41, 5.74) is 7.51. The van der Waals surface area contributed by atoms with E-state index in [0.29, 0.717) is 19.7 Å². The monoisotopic (exact) mass is 246 g/mol. The Morgan fingerprint density at radius 1 is 1.33 bits per heavy atom. The molecule has 1 aromatic heterocycles. The van der Waals surface area contributed by atoms with Crippen LogP contribution in [0.25, 0.3) is 0 Å². The van der Waals surface area contributed by atoms with E-state index in [1.807, 2.05) is 42.1 Å². The molecule has 0 radical (unpaired) electrons. The lowest BCUT2D eigenvalue weighted by Crippen LogP contribution is -2.04. The van der Waals surface area contributed by atoms with Crippen LogP contribution < -0.4 is 10.5 Å². The molecule has 5 heteroatoms. The maximum atomic E-state index is 5.58. The largest absolute Gasteiger partial charge is 0.494 e. The number of benzene rings is 1. The first-order chi connectivity index (χ1) is 8.83. The van der Waals surface area contributed by atoms with Gasteiger partial charge in [-0.15, -0.1) is 5.10 Å². The molecule has 0 aliphatic heterocycles. The van der Waals surface area contributed by atoms with Gasteiger partial charge in [-0.3, -0.25) is 0 Å². The Labute approximate surface area is 107 Å².